The second kappa shape index (κ2) is 5.43. The van der Waals surface area contributed by atoms with Crippen molar-refractivity contribution in [3.8, 4) is 0 Å². The molecule has 10 heavy (non-hydrogen) atoms. The Morgan fingerprint density at radius 3 is 2.80 bits per heavy atom. The highest BCUT2D eigenvalue weighted by molar-refractivity contribution is 5.98. The molecule has 2 N–H and O–H groups in total. The van der Waals surface area contributed by atoms with E-state index in [4.69, 9.17) is 10.2 Å². The minimum Gasteiger partial charge on any atom is -0.416 e. The molecule has 0 aliphatic carbocycles. The molecule has 0 rings (SSSR count). The van der Waals surface area contributed by atoms with E-state index in [1.165, 1.54) is 0 Å². The van der Waals surface area contributed by atoms with Crippen molar-refractivity contribution in [3.63, 3.8) is 0 Å². The van der Waals surface area contributed by atoms with Gasteiger partial charge in [0.05, 0.1) is 0 Å². The summed E-state index contributed by atoms with van der Waals surface area (Å²) in [6.45, 7) is 1.92. The number of carbonyl (C=O) groups excluding carboxylic acids is 1. The van der Waals surface area contributed by atoms with Crippen LogP contribution in [0, 0.1) is 0 Å². The Hall–Kier alpha value is -0.353. The molecule has 0 aliphatic rings. The monoisotopic (exact) mass is 158 g/mol. The van der Waals surface area contributed by atoms with Crippen LogP contribution in [0.4, 0.5) is 0 Å². The molecule has 0 aromatic carbocycles. The highest BCUT2D eigenvalue weighted by Crippen LogP contribution is 2.01. The van der Waals surface area contributed by atoms with Gasteiger partial charge in [0.2, 0.25) is 16.4 Å². The number of hydrogen-bond acceptors (Lipinski definition) is 2. The lowest BCUT2D eigenvalue weighted by Crippen LogP contribution is -2.12. The lowest BCUT2D eigenvalue weighted by atomic mass is 10.2. The van der Waals surface area contributed by atoms with Gasteiger partial charge >= 0.3 is 0 Å². The van der Waals surface area contributed by atoms with Crippen LogP contribution in [-0.2, 0) is 9.22 Å². The molecule has 0 spiro atoms. The van der Waals surface area contributed by atoms with Gasteiger partial charge in [0.1, 0.15) is 0 Å². The molecule has 0 aromatic rings. The van der Waals surface area contributed by atoms with E-state index in [2.05, 4.69) is 10.5 Å². The zero-order chi connectivity index (χ0) is 7.98. The molecule has 4 heteroatoms. The highest BCUT2D eigenvalue weighted by Gasteiger charge is 1.99. The summed E-state index contributed by atoms with van der Waals surface area (Å²) in [4.78, 5) is 10.2. The summed E-state index contributed by atoms with van der Waals surface area (Å²) in [5, 5.41) is 0. The zero-order valence-electron chi connectivity index (χ0n) is 6.09. The summed E-state index contributed by atoms with van der Waals surface area (Å²) >= 11 is 0. The van der Waals surface area contributed by atoms with Gasteiger partial charge in [0, 0.05) is 12.5 Å². The van der Waals surface area contributed by atoms with Crippen LogP contribution < -0.4 is 5.73 Å². The van der Waals surface area contributed by atoms with Crippen molar-refractivity contribution < 1.29 is 9.22 Å². The fourth-order valence-corrected chi connectivity index (χ4v) is 0.741. The number of rotatable bonds is 5. The molecule has 1 unspecified atom stereocenters. The number of hydrogen-bond donors (Lipinski definition) is 1. The van der Waals surface area contributed by atoms with Gasteiger partial charge in [-0.15, -0.1) is 0 Å². The van der Waals surface area contributed by atoms with Crippen LogP contribution in [-0.4, -0.2) is 22.5 Å². The Morgan fingerprint density at radius 1 is 1.80 bits per heavy atom. The molecule has 3 radical (unpaired) electrons. The van der Waals surface area contributed by atoms with Crippen molar-refractivity contribution in [1.29, 1.82) is 0 Å². The van der Waals surface area contributed by atoms with Gasteiger partial charge in [-0.3, -0.25) is 4.79 Å². The van der Waals surface area contributed by atoms with Crippen LogP contribution in [0.15, 0.2) is 0 Å². The Labute approximate surface area is 64.5 Å². The van der Waals surface area contributed by atoms with E-state index >= 15 is 0 Å². The van der Waals surface area contributed by atoms with E-state index in [1.54, 1.807) is 0 Å². The summed E-state index contributed by atoms with van der Waals surface area (Å²) in [6, 6.07) is 0. The second-order valence-corrected chi connectivity index (χ2v) is 2.52. The first-order valence-corrected chi connectivity index (χ1v) is 3.68. The Morgan fingerprint density at radius 2 is 2.40 bits per heavy atom. The summed E-state index contributed by atoms with van der Waals surface area (Å²) < 4.78 is 4.79. The summed E-state index contributed by atoms with van der Waals surface area (Å²) in [5.74, 6) is -0.249. The maximum absolute atomic E-state index is 10.2. The van der Waals surface area contributed by atoms with Crippen LogP contribution in [0.5, 0.6) is 0 Å². The summed E-state index contributed by atoms with van der Waals surface area (Å²) in [5.41, 5.74) is 4.93. The van der Waals surface area contributed by atoms with Gasteiger partial charge < -0.3 is 10.2 Å². The third-order valence-electron chi connectivity index (χ3n) is 1.24. The average molecular weight is 158 g/mol. The molecule has 3 nitrogen and oxygen atoms in total. The molecule has 0 saturated carbocycles. The quantitative estimate of drug-likeness (QED) is 0.578. The molecule has 0 bridgehead atoms. The van der Waals surface area contributed by atoms with Crippen molar-refractivity contribution >= 4 is 16.4 Å². The van der Waals surface area contributed by atoms with Gasteiger partial charge in [-0.1, -0.05) is 0 Å². The molecule has 0 aliphatic heterocycles. The first-order chi connectivity index (χ1) is 4.66. The molecule has 0 aromatic heterocycles. The topological polar surface area (TPSA) is 52.3 Å². The van der Waals surface area contributed by atoms with Gasteiger partial charge in [-0.2, -0.15) is 0 Å². The molecule has 0 fully saturated rings. The highest BCUT2D eigenvalue weighted by atomic mass is 28.2. The fourth-order valence-electron chi connectivity index (χ4n) is 0.623. The van der Waals surface area contributed by atoms with Gasteiger partial charge in [0.25, 0.3) is 0 Å². The molecule has 1 amide bonds. The van der Waals surface area contributed by atoms with Crippen molar-refractivity contribution in [3.05, 3.63) is 0 Å². The Balaban J connectivity index is 3.11. The molecule has 0 saturated heterocycles. The van der Waals surface area contributed by atoms with Crippen molar-refractivity contribution in [2.24, 2.45) is 5.73 Å². The fraction of sp³-hybridized carbons (Fsp3) is 0.833. The van der Waals surface area contributed by atoms with E-state index in [1.807, 2.05) is 6.92 Å². The number of carbonyl (C=O) groups is 1. The van der Waals surface area contributed by atoms with E-state index in [9.17, 15) is 4.79 Å². The van der Waals surface area contributed by atoms with Crippen LogP contribution in [0.25, 0.3) is 0 Å². The zero-order valence-corrected chi connectivity index (χ0v) is 7.09. The average Bonchev–Trinajstić information content (AvgIpc) is 1.87. The van der Waals surface area contributed by atoms with E-state index in [0.29, 0.717) is 6.42 Å². The number of nitrogens with two attached hydrogens (primary N) is 1. The molecule has 0 heterocycles. The van der Waals surface area contributed by atoms with Crippen molar-refractivity contribution in [2.75, 3.05) is 0 Å². The minimum absolute atomic E-state index is 0.149. The van der Waals surface area contributed by atoms with Crippen LogP contribution in [0.1, 0.15) is 26.2 Å². The minimum atomic E-state index is -0.249. The lowest BCUT2D eigenvalue weighted by Gasteiger charge is -2.06. The summed E-state index contributed by atoms with van der Waals surface area (Å²) in [6.07, 6.45) is 2.24. The predicted octanol–water partition coefficient (Wildman–Crippen LogP) is 0.131. The van der Waals surface area contributed by atoms with Crippen molar-refractivity contribution in [1.82, 2.24) is 0 Å². The second-order valence-electron chi connectivity index (χ2n) is 2.29. The van der Waals surface area contributed by atoms with Crippen LogP contribution in [0.3, 0.4) is 0 Å². The van der Waals surface area contributed by atoms with Crippen LogP contribution in [0.2, 0.25) is 0 Å². The SMILES string of the molecule is CC(CCCC(N)=O)O[Si]. The third-order valence-corrected chi connectivity index (χ3v) is 1.64. The Kier molecular flexibility index (Phi) is 5.24. The largest absolute Gasteiger partial charge is 0.416 e. The summed E-state index contributed by atoms with van der Waals surface area (Å²) in [7, 11) is 2.91. The smallest absolute Gasteiger partial charge is 0.246 e. The van der Waals surface area contributed by atoms with E-state index in [-0.39, 0.29) is 12.0 Å². The number of amides is 1. The molecular weight excluding hydrogens is 146 g/mol. The molecule has 1 atom stereocenters. The van der Waals surface area contributed by atoms with E-state index in [0.717, 1.165) is 12.8 Å². The van der Waals surface area contributed by atoms with E-state index < -0.39 is 0 Å². The first kappa shape index (κ1) is 9.65. The van der Waals surface area contributed by atoms with Gasteiger partial charge in [-0.25, -0.2) is 0 Å². The third kappa shape index (κ3) is 5.78. The van der Waals surface area contributed by atoms with Gasteiger partial charge in [-0.05, 0) is 19.8 Å². The first-order valence-electron chi connectivity index (χ1n) is 3.27. The standard InChI is InChI=1S/C6H12NO2Si/c1-5(9-10)3-2-4-6(7)8/h5H,2-4H2,1H3,(H2,7,8). The molecular formula is C6H12NO2Si. The maximum Gasteiger partial charge on any atom is 0.246 e. The molecule has 57 valence electrons. The Bertz CT molecular complexity index is 108. The normalized spacial score (nSPS) is 13.0. The lowest BCUT2D eigenvalue weighted by molar-refractivity contribution is -0.118. The van der Waals surface area contributed by atoms with Crippen LogP contribution >= 0.6 is 0 Å². The van der Waals surface area contributed by atoms with Gasteiger partial charge in [0.15, 0.2) is 0 Å². The predicted molar refractivity (Wildman–Crippen MR) is 39.3 cm³/mol. The number of primary amides is 1. The maximum atomic E-state index is 10.2. The van der Waals surface area contributed by atoms with Crippen molar-refractivity contribution in [2.45, 2.75) is 32.3 Å².